The molecule has 1 heterocycles. The molecular formula is C28H20F3O2P. The van der Waals surface area contributed by atoms with Crippen molar-refractivity contribution in [3.63, 3.8) is 0 Å². The van der Waals surface area contributed by atoms with E-state index in [0.29, 0.717) is 27.5 Å². The molecule has 4 aromatic carbocycles. The molecule has 0 aliphatic carbocycles. The predicted molar refractivity (Wildman–Crippen MR) is 129 cm³/mol. The summed E-state index contributed by atoms with van der Waals surface area (Å²) in [6.45, 7) is 1.98. The first-order chi connectivity index (χ1) is 16.3. The third-order valence-corrected chi connectivity index (χ3v) is 8.29. The largest absolute Gasteiger partial charge is 0.436 e. The highest BCUT2D eigenvalue weighted by Gasteiger charge is 2.40. The van der Waals surface area contributed by atoms with Crippen LogP contribution in [0.1, 0.15) is 27.8 Å². The minimum absolute atomic E-state index is 0.295. The highest BCUT2D eigenvalue weighted by Crippen LogP contribution is 2.56. The van der Waals surface area contributed by atoms with Crippen molar-refractivity contribution in [2.45, 2.75) is 13.1 Å². The van der Waals surface area contributed by atoms with E-state index in [9.17, 15) is 17.7 Å². The van der Waals surface area contributed by atoms with Gasteiger partial charge in [0.25, 0.3) is 0 Å². The fraction of sp³-hybridized carbons (Fsp3) is 0.0714. The smallest absolute Gasteiger partial charge is 0.416 e. The minimum Gasteiger partial charge on any atom is -0.436 e. The molecule has 0 spiro atoms. The fourth-order valence-electron chi connectivity index (χ4n) is 4.12. The first-order valence-electron chi connectivity index (χ1n) is 10.7. The maximum Gasteiger partial charge on any atom is 0.416 e. The summed E-state index contributed by atoms with van der Waals surface area (Å²) in [6, 6.07) is 28.8. The van der Waals surface area contributed by atoms with Crippen LogP contribution in [-0.2, 0) is 15.3 Å². The molecule has 1 aliphatic rings. The van der Waals surface area contributed by atoms with E-state index >= 15 is 0 Å². The molecule has 0 fully saturated rings. The second-order valence-corrected chi connectivity index (χ2v) is 10.4. The summed E-state index contributed by atoms with van der Waals surface area (Å²) in [5.74, 6) is 0.295. The molecule has 0 aromatic heterocycles. The number of fused-ring (bicyclic) bond motifs is 1. The molecule has 2 nitrogen and oxygen atoms in total. The number of rotatable bonds is 3. The van der Waals surface area contributed by atoms with Gasteiger partial charge in [-0.3, -0.25) is 4.57 Å². The Labute approximate surface area is 195 Å². The van der Waals surface area contributed by atoms with Crippen molar-refractivity contribution < 1.29 is 22.3 Å². The molecule has 0 amide bonds. The van der Waals surface area contributed by atoms with Gasteiger partial charge in [0, 0.05) is 16.7 Å². The molecule has 5 rings (SSSR count). The molecule has 0 saturated carbocycles. The lowest BCUT2D eigenvalue weighted by Crippen LogP contribution is -2.25. The van der Waals surface area contributed by atoms with E-state index in [1.54, 1.807) is 30.3 Å². The lowest BCUT2D eigenvalue weighted by Gasteiger charge is -2.31. The van der Waals surface area contributed by atoms with Gasteiger partial charge >= 0.3 is 13.5 Å². The van der Waals surface area contributed by atoms with Crippen molar-refractivity contribution >= 4 is 29.3 Å². The Balaban J connectivity index is 1.79. The van der Waals surface area contributed by atoms with Gasteiger partial charge < -0.3 is 4.52 Å². The Morgan fingerprint density at radius 3 is 1.94 bits per heavy atom. The van der Waals surface area contributed by atoms with Crippen LogP contribution in [0, 0.1) is 6.92 Å². The molecule has 0 radical (unpaired) electrons. The summed E-state index contributed by atoms with van der Waals surface area (Å²) in [5, 5.41) is 1.09. The minimum atomic E-state index is -4.45. The molecule has 34 heavy (non-hydrogen) atoms. The van der Waals surface area contributed by atoms with E-state index in [1.165, 1.54) is 12.1 Å². The Hall–Kier alpha value is -3.56. The van der Waals surface area contributed by atoms with Gasteiger partial charge in [0.15, 0.2) is 0 Å². The second-order valence-electron chi connectivity index (χ2n) is 8.14. The molecule has 170 valence electrons. The monoisotopic (exact) mass is 476 g/mol. The number of aryl methyl sites for hydroxylation is 1. The average molecular weight is 476 g/mol. The van der Waals surface area contributed by atoms with E-state index in [-0.39, 0.29) is 0 Å². The molecule has 4 aromatic rings. The summed E-state index contributed by atoms with van der Waals surface area (Å²) in [5.41, 5.74) is 3.00. The molecular weight excluding hydrogens is 456 g/mol. The Morgan fingerprint density at radius 2 is 1.29 bits per heavy atom. The molecule has 6 heteroatoms. The normalized spacial score (nSPS) is 17.8. The zero-order chi connectivity index (χ0) is 23.9. The van der Waals surface area contributed by atoms with Gasteiger partial charge in [0.2, 0.25) is 0 Å². The van der Waals surface area contributed by atoms with E-state index in [2.05, 4.69) is 0 Å². The highest BCUT2D eigenvalue weighted by molar-refractivity contribution is 7.74. The zero-order valence-electron chi connectivity index (χ0n) is 18.2. The first-order valence-corrected chi connectivity index (χ1v) is 12.3. The van der Waals surface area contributed by atoms with Crippen LogP contribution < -0.4 is 10.6 Å². The van der Waals surface area contributed by atoms with Crippen LogP contribution >= 0.6 is 7.37 Å². The average Bonchev–Trinajstić information content (AvgIpc) is 2.85. The van der Waals surface area contributed by atoms with Crippen molar-refractivity contribution in [3.8, 4) is 0 Å². The lowest BCUT2D eigenvalue weighted by atomic mass is 9.93. The van der Waals surface area contributed by atoms with Crippen molar-refractivity contribution in [1.29, 1.82) is 0 Å². The van der Waals surface area contributed by atoms with E-state index in [4.69, 9.17) is 4.52 Å². The van der Waals surface area contributed by atoms with Crippen molar-refractivity contribution in [2.24, 2.45) is 0 Å². The van der Waals surface area contributed by atoms with Gasteiger partial charge in [0.05, 0.1) is 16.2 Å². The van der Waals surface area contributed by atoms with Crippen LogP contribution in [0.4, 0.5) is 13.2 Å². The molecule has 0 bridgehead atoms. The van der Waals surface area contributed by atoms with E-state index in [0.717, 1.165) is 28.8 Å². The summed E-state index contributed by atoms with van der Waals surface area (Å²) in [6.07, 6.45) is -4.45. The topological polar surface area (TPSA) is 26.3 Å². The SMILES string of the molecule is Cc1ccc(C2=C(c3ccc(C(F)(F)F)cc3)O[P@@](=O)(c3ccccc3)c3ccccc32)cc1. The summed E-state index contributed by atoms with van der Waals surface area (Å²) in [7, 11) is -3.57. The Morgan fingerprint density at radius 1 is 0.706 bits per heavy atom. The fourth-order valence-corrected chi connectivity index (χ4v) is 6.40. The Kier molecular flexibility index (Phi) is 5.45. The maximum atomic E-state index is 14.5. The van der Waals surface area contributed by atoms with E-state index in [1.807, 2.05) is 55.5 Å². The quantitative estimate of drug-likeness (QED) is 0.293. The van der Waals surface area contributed by atoms with Crippen molar-refractivity contribution in [1.82, 2.24) is 0 Å². The lowest BCUT2D eigenvalue weighted by molar-refractivity contribution is -0.137. The van der Waals surface area contributed by atoms with Crippen LogP contribution in [0.2, 0.25) is 0 Å². The predicted octanol–water partition coefficient (Wildman–Crippen LogP) is 7.19. The van der Waals surface area contributed by atoms with Crippen LogP contribution in [0.25, 0.3) is 11.3 Å². The maximum absolute atomic E-state index is 14.5. The number of alkyl halides is 3. The zero-order valence-corrected chi connectivity index (χ0v) is 19.1. The molecule has 1 aliphatic heterocycles. The molecule has 0 unspecified atom stereocenters. The van der Waals surface area contributed by atoms with Gasteiger partial charge in [-0.2, -0.15) is 13.2 Å². The number of hydrogen-bond donors (Lipinski definition) is 0. The van der Waals surface area contributed by atoms with Gasteiger partial charge in [-0.25, -0.2) is 0 Å². The second kappa shape index (κ2) is 8.34. The summed E-state index contributed by atoms with van der Waals surface area (Å²) in [4.78, 5) is 0. The molecule has 0 saturated heterocycles. The third-order valence-electron chi connectivity index (χ3n) is 5.85. The number of halogens is 3. The van der Waals surface area contributed by atoms with Gasteiger partial charge in [-0.1, -0.05) is 78.4 Å². The van der Waals surface area contributed by atoms with Gasteiger partial charge in [-0.15, -0.1) is 0 Å². The summed E-state index contributed by atoms with van der Waals surface area (Å²) >= 11 is 0. The number of hydrogen-bond acceptors (Lipinski definition) is 2. The van der Waals surface area contributed by atoms with Gasteiger partial charge in [-0.05, 0) is 42.8 Å². The van der Waals surface area contributed by atoms with Crippen LogP contribution in [0.3, 0.4) is 0 Å². The molecule has 1 atom stereocenters. The first kappa shape index (κ1) is 22.2. The van der Waals surface area contributed by atoms with Crippen molar-refractivity contribution in [2.75, 3.05) is 0 Å². The third kappa shape index (κ3) is 3.86. The highest BCUT2D eigenvalue weighted by atomic mass is 31.2. The molecule has 0 N–H and O–H groups in total. The summed E-state index contributed by atoms with van der Waals surface area (Å²) < 4.78 is 60.4. The number of benzene rings is 4. The van der Waals surface area contributed by atoms with Gasteiger partial charge in [0.1, 0.15) is 5.76 Å². The Bertz CT molecular complexity index is 1420. The van der Waals surface area contributed by atoms with Crippen LogP contribution in [0.15, 0.2) is 103 Å². The van der Waals surface area contributed by atoms with Crippen molar-refractivity contribution in [3.05, 3.63) is 131 Å². The van der Waals surface area contributed by atoms with Crippen LogP contribution in [-0.4, -0.2) is 0 Å². The van der Waals surface area contributed by atoms with E-state index < -0.39 is 19.1 Å². The van der Waals surface area contributed by atoms with Crippen LogP contribution in [0.5, 0.6) is 0 Å². The standard InChI is InChI=1S/C28H20F3O2P/c1-19-11-13-20(14-12-19)26-24-9-5-6-10-25(24)34(32,23-7-3-2-4-8-23)33-27(26)21-15-17-22(18-16-21)28(29,30)31/h2-18H,1H3/t34-/m0/s1.